The number of anilines is 1. The van der Waals surface area contributed by atoms with E-state index in [1.54, 1.807) is 12.4 Å². The van der Waals surface area contributed by atoms with Crippen LogP contribution >= 0.6 is 12.2 Å². The lowest BCUT2D eigenvalue weighted by Gasteiger charge is -2.23. The summed E-state index contributed by atoms with van der Waals surface area (Å²) in [5.41, 5.74) is 7.55. The highest BCUT2D eigenvalue weighted by atomic mass is 32.1. The van der Waals surface area contributed by atoms with Crippen LogP contribution in [0.4, 0.5) is 5.69 Å². The smallest absolute Gasteiger partial charge is 0.106 e. The third-order valence-electron chi connectivity index (χ3n) is 2.12. The molecular weight excluding hydrogens is 206 g/mol. The maximum Gasteiger partial charge on any atom is 0.106 e. The number of hydrogen-bond acceptors (Lipinski definition) is 3. The van der Waals surface area contributed by atoms with E-state index >= 15 is 0 Å². The maximum absolute atomic E-state index is 5.66. The highest BCUT2D eigenvalue weighted by Gasteiger charge is 2.10. The van der Waals surface area contributed by atoms with Gasteiger partial charge in [-0.05, 0) is 12.0 Å². The zero-order valence-electron chi connectivity index (χ0n) is 9.40. The van der Waals surface area contributed by atoms with E-state index in [0.29, 0.717) is 10.9 Å². The van der Waals surface area contributed by atoms with Crippen LogP contribution in [0.2, 0.25) is 0 Å². The summed E-state index contributed by atoms with van der Waals surface area (Å²) in [6.45, 7) is 5.31. The van der Waals surface area contributed by atoms with Gasteiger partial charge in [-0.3, -0.25) is 4.98 Å². The van der Waals surface area contributed by atoms with Crippen molar-refractivity contribution in [3.8, 4) is 0 Å². The number of nitrogens with zero attached hydrogens (tertiary/aromatic N) is 2. The Bertz CT molecular complexity index is 349. The van der Waals surface area contributed by atoms with Gasteiger partial charge in [0.1, 0.15) is 4.99 Å². The molecule has 0 aliphatic carbocycles. The first-order valence-corrected chi connectivity index (χ1v) is 5.38. The summed E-state index contributed by atoms with van der Waals surface area (Å²) in [4.78, 5) is 6.65. The Morgan fingerprint density at radius 3 is 2.80 bits per heavy atom. The van der Waals surface area contributed by atoms with E-state index in [1.807, 2.05) is 13.1 Å². The van der Waals surface area contributed by atoms with Gasteiger partial charge in [0.2, 0.25) is 0 Å². The van der Waals surface area contributed by atoms with Gasteiger partial charge >= 0.3 is 0 Å². The molecule has 0 amide bonds. The summed E-state index contributed by atoms with van der Waals surface area (Å²) < 4.78 is 0. The average molecular weight is 223 g/mol. The molecule has 0 saturated carbocycles. The van der Waals surface area contributed by atoms with Gasteiger partial charge in [-0.15, -0.1) is 0 Å². The molecule has 1 aromatic heterocycles. The van der Waals surface area contributed by atoms with Crippen LogP contribution in [0.5, 0.6) is 0 Å². The first-order valence-electron chi connectivity index (χ1n) is 4.97. The Morgan fingerprint density at radius 2 is 2.27 bits per heavy atom. The molecule has 0 aliphatic rings. The molecule has 0 saturated heterocycles. The van der Waals surface area contributed by atoms with Crippen molar-refractivity contribution in [1.82, 2.24) is 4.98 Å². The molecule has 3 nitrogen and oxygen atoms in total. The van der Waals surface area contributed by atoms with Crippen molar-refractivity contribution in [1.29, 1.82) is 0 Å². The first kappa shape index (κ1) is 11.9. The molecule has 0 fully saturated rings. The van der Waals surface area contributed by atoms with E-state index in [0.717, 1.165) is 17.8 Å². The number of pyridine rings is 1. The molecular formula is C11H17N3S. The van der Waals surface area contributed by atoms with Gasteiger partial charge in [-0.25, -0.2) is 0 Å². The van der Waals surface area contributed by atoms with Gasteiger partial charge in [-0.1, -0.05) is 26.1 Å². The van der Waals surface area contributed by atoms with Gasteiger partial charge < -0.3 is 10.6 Å². The van der Waals surface area contributed by atoms with Gasteiger partial charge in [-0.2, -0.15) is 0 Å². The molecule has 0 spiro atoms. The zero-order chi connectivity index (χ0) is 11.4. The second-order valence-electron chi connectivity index (χ2n) is 4.03. The van der Waals surface area contributed by atoms with Gasteiger partial charge in [0.05, 0.1) is 11.9 Å². The second-order valence-corrected chi connectivity index (χ2v) is 4.47. The second kappa shape index (κ2) is 5.07. The molecule has 82 valence electrons. The Hall–Kier alpha value is -1.16. The molecule has 0 bridgehead atoms. The molecule has 0 radical (unpaired) electrons. The molecule has 2 N–H and O–H groups in total. The topological polar surface area (TPSA) is 42.2 Å². The third-order valence-corrected chi connectivity index (χ3v) is 2.34. The van der Waals surface area contributed by atoms with Crippen LogP contribution in [-0.2, 0) is 0 Å². The van der Waals surface area contributed by atoms with E-state index in [2.05, 4.69) is 23.7 Å². The molecule has 15 heavy (non-hydrogen) atoms. The van der Waals surface area contributed by atoms with Gasteiger partial charge in [0.25, 0.3) is 0 Å². The van der Waals surface area contributed by atoms with Crippen molar-refractivity contribution in [3.05, 3.63) is 24.0 Å². The summed E-state index contributed by atoms with van der Waals surface area (Å²) >= 11 is 5.01. The Labute approximate surface area is 96.3 Å². The minimum Gasteiger partial charge on any atom is -0.389 e. The maximum atomic E-state index is 5.66. The summed E-state index contributed by atoms with van der Waals surface area (Å²) in [5, 5.41) is 0. The average Bonchev–Trinajstić information content (AvgIpc) is 2.16. The molecule has 0 aromatic carbocycles. The van der Waals surface area contributed by atoms with Crippen LogP contribution in [0.15, 0.2) is 18.5 Å². The quantitative estimate of drug-likeness (QED) is 0.790. The largest absolute Gasteiger partial charge is 0.389 e. The highest BCUT2D eigenvalue weighted by molar-refractivity contribution is 7.80. The van der Waals surface area contributed by atoms with E-state index in [1.165, 1.54) is 0 Å². The summed E-state index contributed by atoms with van der Waals surface area (Å²) in [7, 11) is 2.03. The molecule has 0 aliphatic heterocycles. The summed E-state index contributed by atoms with van der Waals surface area (Å²) in [6.07, 6.45) is 3.51. The Balaban J connectivity index is 2.97. The predicted molar refractivity (Wildman–Crippen MR) is 68.2 cm³/mol. The predicted octanol–water partition coefficient (Wildman–Crippen LogP) is 1.81. The lowest BCUT2D eigenvalue weighted by molar-refractivity contribution is 0.638. The minimum atomic E-state index is 0.419. The van der Waals surface area contributed by atoms with Crippen molar-refractivity contribution in [2.75, 3.05) is 18.5 Å². The Morgan fingerprint density at radius 1 is 1.60 bits per heavy atom. The zero-order valence-corrected chi connectivity index (χ0v) is 10.2. The van der Waals surface area contributed by atoms with E-state index < -0.39 is 0 Å². The van der Waals surface area contributed by atoms with Crippen LogP contribution in [-0.4, -0.2) is 23.6 Å². The normalized spacial score (nSPS) is 10.4. The lowest BCUT2D eigenvalue weighted by Crippen LogP contribution is -2.25. The van der Waals surface area contributed by atoms with Crippen molar-refractivity contribution in [2.45, 2.75) is 13.8 Å². The summed E-state index contributed by atoms with van der Waals surface area (Å²) in [5.74, 6) is 0.592. The van der Waals surface area contributed by atoms with Crippen LogP contribution in [0, 0.1) is 5.92 Å². The van der Waals surface area contributed by atoms with E-state index in [9.17, 15) is 0 Å². The van der Waals surface area contributed by atoms with E-state index in [-0.39, 0.29) is 0 Å². The number of thiocarbonyl (C=S) groups is 1. The number of hydrogen-bond donors (Lipinski definition) is 1. The number of aromatic nitrogens is 1. The third kappa shape index (κ3) is 3.16. The van der Waals surface area contributed by atoms with Crippen LogP contribution in [0.25, 0.3) is 0 Å². The van der Waals surface area contributed by atoms with Gasteiger partial charge in [0.15, 0.2) is 0 Å². The van der Waals surface area contributed by atoms with Crippen molar-refractivity contribution in [3.63, 3.8) is 0 Å². The SMILES string of the molecule is CC(C)CN(C)c1cnccc1C(N)=S. The van der Waals surface area contributed by atoms with Crippen molar-refractivity contribution >= 4 is 22.9 Å². The minimum absolute atomic E-state index is 0.419. The summed E-state index contributed by atoms with van der Waals surface area (Å²) in [6, 6.07) is 1.86. The molecule has 1 rings (SSSR count). The lowest BCUT2D eigenvalue weighted by atomic mass is 10.1. The van der Waals surface area contributed by atoms with Crippen molar-refractivity contribution < 1.29 is 0 Å². The number of nitrogens with two attached hydrogens (primary N) is 1. The van der Waals surface area contributed by atoms with Crippen LogP contribution in [0.1, 0.15) is 19.4 Å². The Kier molecular flexibility index (Phi) is 4.03. The fourth-order valence-electron chi connectivity index (χ4n) is 1.54. The monoisotopic (exact) mass is 223 g/mol. The van der Waals surface area contributed by atoms with Crippen LogP contribution in [0.3, 0.4) is 0 Å². The molecule has 1 heterocycles. The number of rotatable bonds is 4. The van der Waals surface area contributed by atoms with Gasteiger partial charge in [0, 0.05) is 25.4 Å². The van der Waals surface area contributed by atoms with E-state index in [4.69, 9.17) is 18.0 Å². The standard InChI is InChI=1S/C11H17N3S/c1-8(2)7-14(3)10-6-13-5-4-9(10)11(12)15/h4-6,8H,7H2,1-3H3,(H2,12,15). The molecule has 1 aromatic rings. The molecule has 0 unspecified atom stereocenters. The fraction of sp³-hybridized carbons (Fsp3) is 0.455. The van der Waals surface area contributed by atoms with Crippen molar-refractivity contribution in [2.24, 2.45) is 11.7 Å². The molecule has 0 atom stereocenters. The molecule has 4 heteroatoms. The first-order chi connectivity index (χ1) is 7.02. The fourth-order valence-corrected chi connectivity index (χ4v) is 1.72. The highest BCUT2D eigenvalue weighted by Crippen LogP contribution is 2.18. The van der Waals surface area contributed by atoms with Crippen LogP contribution < -0.4 is 10.6 Å².